The normalized spacial score (nSPS) is 16.2. The van der Waals surface area contributed by atoms with E-state index in [-0.39, 0.29) is 0 Å². The highest BCUT2D eigenvalue weighted by molar-refractivity contribution is 6.30. The summed E-state index contributed by atoms with van der Waals surface area (Å²) in [5.74, 6) is 0.874. The Kier molecular flexibility index (Phi) is 3.63. The number of rotatable bonds is 2. The lowest BCUT2D eigenvalue weighted by atomic mass is 10.1. The fraction of sp³-hybridized carbons (Fsp3) is 0.312. The molecular weight excluding hydrogens is 314 g/mol. The van der Waals surface area contributed by atoms with Gasteiger partial charge in [0.2, 0.25) is 0 Å². The second-order valence-electron chi connectivity index (χ2n) is 5.71. The van der Waals surface area contributed by atoms with Crippen molar-refractivity contribution in [1.82, 2.24) is 20.0 Å². The van der Waals surface area contributed by atoms with Crippen molar-refractivity contribution in [1.29, 1.82) is 0 Å². The SMILES string of the molecule is CN1CCN(c2ncnc3onc(-c4cccc(Cl)c4)c23)CC1. The first kappa shape index (κ1) is 14.4. The Morgan fingerprint density at radius 3 is 2.74 bits per heavy atom. The Hall–Kier alpha value is -2.18. The van der Waals surface area contributed by atoms with Crippen molar-refractivity contribution >= 4 is 28.5 Å². The van der Waals surface area contributed by atoms with Crippen LogP contribution in [-0.4, -0.2) is 53.3 Å². The minimum atomic E-state index is 0.504. The number of aromatic nitrogens is 3. The highest BCUT2D eigenvalue weighted by Gasteiger charge is 2.23. The predicted molar refractivity (Wildman–Crippen MR) is 89.8 cm³/mol. The zero-order valence-electron chi connectivity index (χ0n) is 12.7. The summed E-state index contributed by atoms with van der Waals surface area (Å²) in [4.78, 5) is 13.3. The van der Waals surface area contributed by atoms with Crippen molar-refractivity contribution in [3.63, 3.8) is 0 Å². The molecule has 0 amide bonds. The predicted octanol–water partition coefficient (Wildman–Crippen LogP) is 2.69. The highest BCUT2D eigenvalue weighted by Crippen LogP contribution is 2.34. The summed E-state index contributed by atoms with van der Waals surface area (Å²) in [5, 5.41) is 5.71. The number of halogens is 1. The van der Waals surface area contributed by atoms with Gasteiger partial charge in [0.25, 0.3) is 5.71 Å². The lowest BCUT2D eigenvalue weighted by Gasteiger charge is -2.33. The van der Waals surface area contributed by atoms with Crippen molar-refractivity contribution in [2.45, 2.75) is 0 Å². The molecule has 23 heavy (non-hydrogen) atoms. The summed E-state index contributed by atoms with van der Waals surface area (Å²) in [7, 11) is 2.13. The Bertz CT molecular complexity index is 841. The average Bonchev–Trinajstić information content (AvgIpc) is 3.00. The quantitative estimate of drug-likeness (QED) is 0.720. The van der Waals surface area contributed by atoms with Gasteiger partial charge in [-0.15, -0.1) is 0 Å². The fourth-order valence-electron chi connectivity index (χ4n) is 2.86. The highest BCUT2D eigenvalue weighted by atomic mass is 35.5. The third-order valence-corrected chi connectivity index (χ3v) is 4.39. The number of hydrogen-bond donors (Lipinski definition) is 0. The zero-order chi connectivity index (χ0) is 15.8. The maximum absolute atomic E-state index is 6.11. The molecule has 0 saturated carbocycles. The third kappa shape index (κ3) is 2.64. The van der Waals surface area contributed by atoms with Crippen LogP contribution in [0.15, 0.2) is 35.1 Å². The molecule has 0 aliphatic carbocycles. The van der Waals surface area contributed by atoms with Gasteiger partial charge >= 0.3 is 0 Å². The van der Waals surface area contributed by atoms with Gasteiger partial charge in [-0.1, -0.05) is 28.9 Å². The number of benzene rings is 1. The summed E-state index contributed by atoms with van der Waals surface area (Å²) in [6.45, 7) is 3.85. The second-order valence-corrected chi connectivity index (χ2v) is 6.15. The molecular formula is C16H16ClN5O. The van der Waals surface area contributed by atoms with E-state index >= 15 is 0 Å². The van der Waals surface area contributed by atoms with E-state index in [4.69, 9.17) is 16.1 Å². The van der Waals surface area contributed by atoms with Gasteiger partial charge in [0.15, 0.2) is 0 Å². The molecule has 3 heterocycles. The monoisotopic (exact) mass is 329 g/mol. The van der Waals surface area contributed by atoms with E-state index in [2.05, 4.69) is 32.0 Å². The molecule has 3 aromatic rings. The van der Waals surface area contributed by atoms with E-state index in [0.29, 0.717) is 10.7 Å². The van der Waals surface area contributed by atoms with Crippen LogP contribution in [-0.2, 0) is 0 Å². The standard InChI is InChI=1S/C16H16ClN5O/c1-21-5-7-22(8-6-21)15-13-14(11-3-2-4-12(17)9-11)20-23-16(13)19-10-18-15/h2-4,9-10H,5-8H2,1H3. The van der Waals surface area contributed by atoms with Crippen LogP contribution in [0.25, 0.3) is 22.4 Å². The van der Waals surface area contributed by atoms with Crippen molar-refractivity contribution < 1.29 is 4.52 Å². The Balaban J connectivity index is 1.84. The number of likely N-dealkylation sites (N-methyl/N-ethyl adjacent to an activating group) is 1. The van der Waals surface area contributed by atoms with Gasteiger partial charge in [-0.3, -0.25) is 0 Å². The van der Waals surface area contributed by atoms with E-state index < -0.39 is 0 Å². The van der Waals surface area contributed by atoms with Crippen LogP contribution in [0.5, 0.6) is 0 Å². The molecule has 0 N–H and O–H groups in total. The van der Waals surface area contributed by atoms with Crippen molar-refractivity contribution in [3.05, 3.63) is 35.6 Å². The van der Waals surface area contributed by atoms with Crippen LogP contribution >= 0.6 is 11.6 Å². The minimum absolute atomic E-state index is 0.504. The third-order valence-electron chi connectivity index (χ3n) is 4.15. The van der Waals surface area contributed by atoms with Gasteiger partial charge in [0.1, 0.15) is 23.2 Å². The molecule has 118 valence electrons. The maximum Gasteiger partial charge on any atom is 0.263 e. The van der Waals surface area contributed by atoms with Crippen LogP contribution in [0.2, 0.25) is 5.02 Å². The summed E-state index contributed by atoms with van der Waals surface area (Å²) in [6, 6.07) is 7.58. The smallest absolute Gasteiger partial charge is 0.263 e. The molecule has 4 rings (SSSR count). The van der Waals surface area contributed by atoms with E-state index in [1.54, 1.807) is 0 Å². The molecule has 6 nitrogen and oxygen atoms in total. The van der Waals surface area contributed by atoms with Gasteiger partial charge < -0.3 is 14.3 Å². The largest absolute Gasteiger partial charge is 0.353 e. The van der Waals surface area contributed by atoms with Gasteiger partial charge in [0, 0.05) is 36.8 Å². The van der Waals surface area contributed by atoms with Crippen LogP contribution in [0.1, 0.15) is 0 Å². The zero-order valence-corrected chi connectivity index (χ0v) is 13.5. The number of fused-ring (bicyclic) bond motifs is 1. The summed E-state index contributed by atoms with van der Waals surface area (Å²) < 4.78 is 5.41. The number of anilines is 1. The van der Waals surface area contributed by atoms with Crippen LogP contribution < -0.4 is 4.90 Å². The molecule has 1 aromatic carbocycles. The summed E-state index contributed by atoms with van der Waals surface area (Å²) >= 11 is 6.11. The van der Waals surface area contributed by atoms with E-state index in [9.17, 15) is 0 Å². The molecule has 1 saturated heterocycles. The molecule has 0 spiro atoms. The lowest BCUT2D eigenvalue weighted by Crippen LogP contribution is -2.44. The van der Waals surface area contributed by atoms with E-state index in [1.165, 1.54) is 6.33 Å². The number of hydrogen-bond acceptors (Lipinski definition) is 6. The Morgan fingerprint density at radius 1 is 1.13 bits per heavy atom. The molecule has 0 radical (unpaired) electrons. The minimum Gasteiger partial charge on any atom is -0.353 e. The van der Waals surface area contributed by atoms with Crippen molar-refractivity contribution in [2.75, 3.05) is 38.1 Å². The van der Waals surface area contributed by atoms with Crippen molar-refractivity contribution in [2.24, 2.45) is 0 Å². The Morgan fingerprint density at radius 2 is 1.96 bits per heavy atom. The first-order valence-corrected chi connectivity index (χ1v) is 7.90. The van der Waals surface area contributed by atoms with Crippen LogP contribution in [0.3, 0.4) is 0 Å². The van der Waals surface area contributed by atoms with Crippen LogP contribution in [0.4, 0.5) is 5.82 Å². The molecule has 7 heteroatoms. The van der Waals surface area contributed by atoms with Gasteiger partial charge in [0.05, 0.1) is 0 Å². The molecule has 1 fully saturated rings. The topological polar surface area (TPSA) is 58.3 Å². The maximum atomic E-state index is 6.11. The molecule has 0 atom stereocenters. The first-order valence-electron chi connectivity index (χ1n) is 7.52. The van der Waals surface area contributed by atoms with Crippen molar-refractivity contribution in [3.8, 4) is 11.3 Å². The van der Waals surface area contributed by atoms with E-state index in [1.807, 2.05) is 24.3 Å². The fourth-order valence-corrected chi connectivity index (χ4v) is 3.05. The van der Waals surface area contributed by atoms with Gasteiger partial charge in [-0.05, 0) is 19.2 Å². The molecule has 0 bridgehead atoms. The summed E-state index contributed by atoms with van der Waals surface area (Å²) in [6.07, 6.45) is 1.53. The molecule has 1 aliphatic rings. The average molecular weight is 330 g/mol. The number of nitrogens with zero attached hydrogens (tertiary/aromatic N) is 5. The van der Waals surface area contributed by atoms with Gasteiger partial charge in [-0.2, -0.15) is 4.98 Å². The molecule has 1 aliphatic heterocycles. The van der Waals surface area contributed by atoms with Gasteiger partial charge in [-0.25, -0.2) is 4.98 Å². The Labute approximate surface area is 138 Å². The lowest BCUT2D eigenvalue weighted by molar-refractivity contribution is 0.312. The second kappa shape index (κ2) is 5.79. The molecule has 2 aromatic heterocycles. The first-order chi connectivity index (χ1) is 11.2. The summed E-state index contributed by atoms with van der Waals surface area (Å²) in [5.41, 5.74) is 2.14. The van der Waals surface area contributed by atoms with E-state index in [0.717, 1.165) is 48.6 Å². The van der Waals surface area contributed by atoms with Crippen LogP contribution in [0, 0.1) is 0 Å². The molecule has 0 unspecified atom stereocenters. The number of piperazine rings is 1.